The van der Waals surface area contributed by atoms with Gasteiger partial charge in [0.15, 0.2) is 0 Å². The highest BCUT2D eigenvalue weighted by molar-refractivity contribution is 14.1. The molecular formula is C9H9FINOS. The lowest BCUT2D eigenvalue weighted by Gasteiger charge is -2.25. The average Bonchev–Trinajstić information content (AvgIpc) is 2.06. The van der Waals surface area contributed by atoms with E-state index < -0.39 is 0 Å². The van der Waals surface area contributed by atoms with Crippen molar-refractivity contribution in [3.63, 3.8) is 0 Å². The molecule has 0 saturated carbocycles. The van der Waals surface area contributed by atoms with Crippen molar-refractivity contribution in [2.75, 3.05) is 18.9 Å². The molecule has 0 atom stereocenters. The van der Waals surface area contributed by atoms with Crippen LogP contribution in [0.1, 0.15) is 0 Å². The zero-order valence-electron chi connectivity index (χ0n) is 7.30. The number of halogens is 2. The van der Waals surface area contributed by atoms with Crippen LogP contribution in [0, 0.1) is 9.39 Å². The van der Waals surface area contributed by atoms with Gasteiger partial charge in [-0.25, -0.2) is 4.39 Å². The molecule has 0 bridgehead atoms. The van der Waals surface area contributed by atoms with Gasteiger partial charge in [-0.15, -0.1) is 11.8 Å². The third kappa shape index (κ3) is 2.14. The molecule has 14 heavy (non-hydrogen) atoms. The van der Waals surface area contributed by atoms with Crippen molar-refractivity contribution in [1.29, 1.82) is 0 Å². The van der Waals surface area contributed by atoms with Gasteiger partial charge in [0.2, 0.25) is 0 Å². The highest BCUT2D eigenvalue weighted by Gasteiger charge is 2.21. The lowest BCUT2D eigenvalue weighted by Crippen LogP contribution is -2.30. The van der Waals surface area contributed by atoms with E-state index in [1.807, 2.05) is 22.6 Å². The summed E-state index contributed by atoms with van der Waals surface area (Å²) in [5, 5.41) is 0.428. The van der Waals surface area contributed by atoms with Crippen LogP contribution in [0.25, 0.3) is 0 Å². The number of thioether (sulfide) groups is 1. The molecule has 0 radical (unpaired) electrons. The molecule has 1 aliphatic heterocycles. The fourth-order valence-corrected chi connectivity index (χ4v) is 2.65. The molecule has 2 nitrogen and oxygen atoms in total. The lowest BCUT2D eigenvalue weighted by molar-refractivity contribution is 0.0455. The van der Waals surface area contributed by atoms with Crippen LogP contribution in [0.5, 0.6) is 0 Å². The van der Waals surface area contributed by atoms with Gasteiger partial charge in [-0.2, -0.15) is 0 Å². The predicted octanol–water partition coefficient (Wildman–Crippen LogP) is 2.50. The molecule has 2 N–H and O–H groups in total. The second-order valence-corrected chi connectivity index (χ2v) is 5.59. The number of nitrogen functional groups attached to an aromatic ring is 1. The molecule has 1 aromatic carbocycles. The standard InChI is InChI=1S/C9H9FINOS/c10-6-1-9(8(12)2-7(6)11)14-5-3-13-4-5/h1-2,5H,3-4,12H2. The second-order valence-electron chi connectivity index (χ2n) is 3.08. The van der Waals surface area contributed by atoms with Crippen molar-refractivity contribution in [2.45, 2.75) is 10.1 Å². The van der Waals surface area contributed by atoms with Crippen molar-refractivity contribution in [3.05, 3.63) is 21.5 Å². The second kappa shape index (κ2) is 4.24. The van der Waals surface area contributed by atoms with Gasteiger partial charge in [0.05, 0.1) is 22.0 Å². The summed E-state index contributed by atoms with van der Waals surface area (Å²) in [4.78, 5) is 0.816. The molecule has 1 aromatic rings. The summed E-state index contributed by atoms with van der Waals surface area (Å²) >= 11 is 3.52. The van der Waals surface area contributed by atoms with E-state index in [9.17, 15) is 4.39 Å². The lowest BCUT2D eigenvalue weighted by atomic mass is 10.3. The van der Waals surface area contributed by atoms with E-state index in [4.69, 9.17) is 10.5 Å². The molecule has 1 heterocycles. The van der Waals surface area contributed by atoms with Gasteiger partial charge in [-0.1, -0.05) is 0 Å². The summed E-state index contributed by atoms with van der Waals surface area (Å²) in [5.74, 6) is -0.206. The molecule has 0 spiro atoms. The Morgan fingerprint density at radius 2 is 2.21 bits per heavy atom. The Morgan fingerprint density at radius 3 is 2.79 bits per heavy atom. The van der Waals surface area contributed by atoms with Gasteiger partial charge < -0.3 is 10.5 Å². The minimum Gasteiger partial charge on any atom is -0.398 e. The van der Waals surface area contributed by atoms with Crippen molar-refractivity contribution in [2.24, 2.45) is 0 Å². The van der Waals surface area contributed by atoms with Gasteiger partial charge >= 0.3 is 0 Å². The number of anilines is 1. The van der Waals surface area contributed by atoms with E-state index in [2.05, 4.69) is 0 Å². The first-order valence-electron chi connectivity index (χ1n) is 4.16. The molecule has 76 valence electrons. The summed E-state index contributed by atoms with van der Waals surface area (Å²) in [5.41, 5.74) is 6.43. The van der Waals surface area contributed by atoms with Crippen LogP contribution in [0.3, 0.4) is 0 Å². The molecule has 0 unspecified atom stereocenters. The maximum atomic E-state index is 13.2. The van der Waals surface area contributed by atoms with E-state index in [0.29, 0.717) is 14.5 Å². The Kier molecular flexibility index (Phi) is 3.18. The SMILES string of the molecule is Nc1cc(I)c(F)cc1SC1COC1. The Balaban J connectivity index is 2.19. The molecule has 5 heteroatoms. The Hall–Kier alpha value is -0.0100. The molecular weight excluding hydrogens is 316 g/mol. The molecule has 0 aromatic heterocycles. The Bertz CT molecular complexity index is 357. The number of hydrogen-bond donors (Lipinski definition) is 1. The Morgan fingerprint density at radius 1 is 1.50 bits per heavy atom. The zero-order chi connectivity index (χ0) is 10.1. The average molecular weight is 325 g/mol. The van der Waals surface area contributed by atoms with Gasteiger partial charge in [0.1, 0.15) is 5.82 Å². The number of rotatable bonds is 2. The summed E-state index contributed by atoms with van der Waals surface area (Å²) in [6.45, 7) is 1.47. The van der Waals surface area contributed by atoms with Gasteiger partial charge in [-0.3, -0.25) is 0 Å². The van der Waals surface area contributed by atoms with Crippen molar-refractivity contribution < 1.29 is 9.13 Å². The van der Waals surface area contributed by atoms with Crippen LogP contribution in [-0.4, -0.2) is 18.5 Å². The fraction of sp³-hybridized carbons (Fsp3) is 0.333. The van der Waals surface area contributed by atoms with Crippen molar-refractivity contribution in [3.8, 4) is 0 Å². The topological polar surface area (TPSA) is 35.2 Å². The molecule has 2 rings (SSSR count). The van der Waals surface area contributed by atoms with E-state index in [-0.39, 0.29) is 5.82 Å². The summed E-state index contributed by atoms with van der Waals surface area (Å²) < 4.78 is 18.8. The molecule has 0 amide bonds. The first-order chi connectivity index (χ1) is 6.66. The fourth-order valence-electron chi connectivity index (χ4n) is 1.11. The minimum absolute atomic E-state index is 0.206. The molecule has 1 fully saturated rings. The first kappa shape index (κ1) is 10.5. The third-order valence-electron chi connectivity index (χ3n) is 1.95. The Labute approximate surface area is 99.5 Å². The van der Waals surface area contributed by atoms with E-state index in [1.165, 1.54) is 6.07 Å². The van der Waals surface area contributed by atoms with Gasteiger partial charge in [0, 0.05) is 10.6 Å². The number of ether oxygens (including phenoxy) is 1. The molecule has 1 aliphatic rings. The van der Waals surface area contributed by atoms with E-state index in [0.717, 1.165) is 18.1 Å². The summed E-state index contributed by atoms with van der Waals surface area (Å²) in [6.07, 6.45) is 0. The quantitative estimate of drug-likeness (QED) is 0.670. The number of hydrogen-bond acceptors (Lipinski definition) is 3. The smallest absolute Gasteiger partial charge is 0.137 e. The van der Waals surface area contributed by atoms with Crippen LogP contribution in [-0.2, 0) is 4.74 Å². The summed E-state index contributed by atoms with van der Waals surface area (Å²) in [6, 6.07) is 3.16. The maximum Gasteiger partial charge on any atom is 0.137 e. The zero-order valence-corrected chi connectivity index (χ0v) is 10.3. The van der Waals surface area contributed by atoms with Crippen LogP contribution >= 0.6 is 34.4 Å². The monoisotopic (exact) mass is 325 g/mol. The first-order valence-corrected chi connectivity index (χ1v) is 6.11. The van der Waals surface area contributed by atoms with Gasteiger partial charge in [-0.05, 0) is 34.7 Å². The van der Waals surface area contributed by atoms with E-state index in [1.54, 1.807) is 17.8 Å². The maximum absolute atomic E-state index is 13.2. The predicted molar refractivity (Wildman–Crippen MR) is 64.0 cm³/mol. The van der Waals surface area contributed by atoms with Crippen LogP contribution in [0.15, 0.2) is 17.0 Å². The van der Waals surface area contributed by atoms with Crippen molar-refractivity contribution >= 4 is 40.0 Å². The van der Waals surface area contributed by atoms with Crippen molar-refractivity contribution in [1.82, 2.24) is 0 Å². The normalized spacial score (nSPS) is 16.7. The van der Waals surface area contributed by atoms with Gasteiger partial charge in [0.25, 0.3) is 0 Å². The highest BCUT2D eigenvalue weighted by atomic mass is 127. The minimum atomic E-state index is -0.206. The van der Waals surface area contributed by atoms with Crippen LogP contribution < -0.4 is 5.73 Å². The van der Waals surface area contributed by atoms with Crippen LogP contribution in [0.4, 0.5) is 10.1 Å². The number of nitrogens with two attached hydrogens (primary N) is 1. The third-order valence-corrected chi connectivity index (χ3v) is 3.99. The summed E-state index contributed by atoms with van der Waals surface area (Å²) in [7, 11) is 0. The van der Waals surface area contributed by atoms with Crippen LogP contribution in [0.2, 0.25) is 0 Å². The largest absolute Gasteiger partial charge is 0.398 e. The highest BCUT2D eigenvalue weighted by Crippen LogP contribution is 2.33. The van der Waals surface area contributed by atoms with E-state index >= 15 is 0 Å². The number of benzene rings is 1. The molecule has 0 aliphatic carbocycles. The molecule has 1 saturated heterocycles.